The molecule has 1 aromatic heterocycles. The third-order valence-electron chi connectivity index (χ3n) is 5.53. The Bertz CT molecular complexity index is 1080. The number of carbonyl (C=O) groups is 3. The Balaban J connectivity index is 1.62. The van der Waals surface area contributed by atoms with Crippen LogP contribution in [0.25, 0.3) is 5.57 Å². The van der Waals surface area contributed by atoms with Crippen molar-refractivity contribution in [2.75, 3.05) is 20.3 Å². The summed E-state index contributed by atoms with van der Waals surface area (Å²) in [6, 6.07) is 4.52. The Morgan fingerprint density at radius 3 is 2.56 bits per heavy atom. The van der Waals surface area contributed by atoms with Gasteiger partial charge >= 0.3 is 0 Å². The molecule has 3 heterocycles. The van der Waals surface area contributed by atoms with Gasteiger partial charge in [-0.3, -0.25) is 14.4 Å². The third kappa shape index (κ3) is 4.07. The van der Waals surface area contributed by atoms with Gasteiger partial charge in [0.15, 0.2) is 11.0 Å². The Labute approximate surface area is 188 Å². The molecule has 0 saturated carbocycles. The van der Waals surface area contributed by atoms with Crippen LogP contribution in [-0.2, 0) is 25.5 Å². The highest BCUT2D eigenvalue weighted by atomic mass is 32.1. The summed E-state index contributed by atoms with van der Waals surface area (Å²) < 4.78 is 18.4. The van der Waals surface area contributed by atoms with E-state index in [1.54, 1.807) is 35.2 Å². The molecule has 0 radical (unpaired) electrons. The number of hydrogen-bond donors (Lipinski definition) is 0. The minimum Gasteiger partial charge on any atom is -0.382 e. The van der Waals surface area contributed by atoms with Crippen LogP contribution in [0.3, 0.4) is 0 Å². The fourth-order valence-electron chi connectivity index (χ4n) is 4.14. The normalized spacial score (nSPS) is 21.3. The molecule has 0 bridgehead atoms. The van der Waals surface area contributed by atoms with Crippen molar-refractivity contribution >= 4 is 34.4 Å². The number of amides is 1. The molecule has 1 unspecified atom stereocenters. The fraction of sp³-hybridized carbons (Fsp3) is 0.409. The summed E-state index contributed by atoms with van der Waals surface area (Å²) in [5.41, 5.74) is 0.989. The number of nitrogens with zero attached hydrogens (tertiary/aromatic N) is 4. The van der Waals surface area contributed by atoms with Crippen molar-refractivity contribution in [1.82, 2.24) is 20.0 Å². The van der Waals surface area contributed by atoms with E-state index in [4.69, 9.17) is 4.74 Å². The minimum absolute atomic E-state index is 0.129. The Morgan fingerprint density at radius 1 is 1.19 bits per heavy atom. The van der Waals surface area contributed by atoms with Crippen molar-refractivity contribution in [2.24, 2.45) is 0 Å². The highest BCUT2D eigenvalue weighted by molar-refractivity contribution is 7.13. The molecular formula is C22H23FN4O4S. The molecule has 168 valence electrons. The van der Waals surface area contributed by atoms with Gasteiger partial charge in [0.25, 0.3) is 5.91 Å². The van der Waals surface area contributed by atoms with Gasteiger partial charge in [-0.1, -0.05) is 23.5 Å². The zero-order chi connectivity index (χ0) is 23.0. The van der Waals surface area contributed by atoms with Crippen molar-refractivity contribution in [3.63, 3.8) is 0 Å². The number of halogens is 1. The lowest BCUT2D eigenvalue weighted by molar-refractivity contribution is -0.156. The van der Waals surface area contributed by atoms with Gasteiger partial charge in [0.2, 0.25) is 11.6 Å². The summed E-state index contributed by atoms with van der Waals surface area (Å²) in [5.74, 6) is -2.21. The van der Waals surface area contributed by atoms with Gasteiger partial charge in [0, 0.05) is 32.3 Å². The van der Waals surface area contributed by atoms with E-state index in [9.17, 15) is 18.8 Å². The standard InChI is InChI=1S/C22H23FN4O4S/c1-12(2)27-15(11-31-3)9-26-10-16(19(28)20(29)18(26)22(27)30)21-25-24-17(32-21)8-13-4-6-14(23)7-5-13/h4-7,10,12,15,18H,8-9,11H2,1-3H3/t15-,18?/m0/s1. The summed E-state index contributed by atoms with van der Waals surface area (Å²) in [6.45, 7) is 4.43. The monoisotopic (exact) mass is 458 g/mol. The second-order valence-electron chi connectivity index (χ2n) is 8.09. The van der Waals surface area contributed by atoms with Crippen molar-refractivity contribution in [3.8, 4) is 0 Å². The number of piperazine rings is 1. The molecule has 1 amide bonds. The van der Waals surface area contributed by atoms with E-state index < -0.39 is 23.5 Å². The smallest absolute Gasteiger partial charge is 0.254 e. The van der Waals surface area contributed by atoms with Gasteiger partial charge in [-0.05, 0) is 31.5 Å². The van der Waals surface area contributed by atoms with Crippen LogP contribution in [0.4, 0.5) is 4.39 Å². The minimum atomic E-state index is -1.16. The van der Waals surface area contributed by atoms with E-state index in [1.807, 2.05) is 13.8 Å². The second kappa shape index (κ2) is 8.87. The van der Waals surface area contributed by atoms with E-state index in [1.165, 1.54) is 23.5 Å². The van der Waals surface area contributed by atoms with E-state index in [0.717, 1.165) is 5.56 Å². The lowest BCUT2D eigenvalue weighted by Gasteiger charge is -2.47. The summed E-state index contributed by atoms with van der Waals surface area (Å²) in [4.78, 5) is 42.1. The van der Waals surface area contributed by atoms with Crippen molar-refractivity contribution in [3.05, 3.63) is 51.9 Å². The average Bonchev–Trinajstić information content (AvgIpc) is 3.20. The lowest BCUT2D eigenvalue weighted by atomic mass is 9.92. The number of ether oxygens (including phenoxy) is 1. The van der Waals surface area contributed by atoms with Gasteiger partial charge in [-0.2, -0.15) is 0 Å². The van der Waals surface area contributed by atoms with E-state index in [-0.39, 0.29) is 23.5 Å². The van der Waals surface area contributed by atoms with Gasteiger partial charge in [0.1, 0.15) is 10.8 Å². The van der Waals surface area contributed by atoms with E-state index >= 15 is 0 Å². The topological polar surface area (TPSA) is 92.7 Å². The van der Waals surface area contributed by atoms with E-state index in [0.29, 0.717) is 29.6 Å². The molecule has 10 heteroatoms. The molecule has 2 aliphatic heterocycles. The number of Topliss-reactive ketones (excluding diaryl/α,β-unsaturated/α-hetero) is 2. The molecule has 0 spiro atoms. The van der Waals surface area contributed by atoms with Crippen LogP contribution in [0, 0.1) is 5.82 Å². The maximum Gasteiger partial charge on any atom is 0.254 e. The van der Waals surface area contributed by atoms with Crippen LogP contribution in [0.5, 0.6) is 0 Å². The quantitative estimate of drug-likeness (QED) is 0.481. The molecule has 2 aliphatic rings. The van der Waals surface area contributed by atoms with Gasteiger partial charge in [-0.15, -0.1) is 10.2 Å². The summed E-state index contributed by atoms with van der Waals surface area (Å²) >= 11 is 1.20. The zero-order valence-electron chi connectivity index (χ0n) is 17.9. The van der Waals surface area contributed by atoms with Gasteiger partial charge in [-0.25, -0.2) is 4.39 Å². The van der Waals surface area contributed by atoms with Crippen LogP contribution in [0.2, 0.25) is 0 Å². The van der Waals surface area contributed by atoms with Crippen LogP contribution in [-0.4, -0.2) is 75.9 Å². The highest BCUT2D eigenvalue weighted by Crippen LogP contribution is 2.31. The summed E-state index contributed by atoms with van der Waals surface area (Å²) in [7, 11) is 1.56. The molecule has 2 atom stereocenters. The molecule has 1 saturated heterocycles. The fourth-order valence-corrected chi connectivity index (χ4v) is 5.02. The Kier molecular flexibility index (Phi) is 6.16. The maximum absolute atomic E-state index is 13.1. The molecular weight excluding hydrogens is 435 g/mol. The number of carbonyl (C=O) groups excluding carboxylic acids is 3. The summed E-state index contributed by atoms with van der Waals surface area (Å²) in [5, 5.41) is 9.18. The van der Waals surface area contributed by atoms with Gasteiger partial charge < -0.3 is 14.5 Å². The number of methoxy groups -OCH3 is 1. The first-order chi connectivity index (χ1) is 15.3. The number of ketones is 2. The molecule has 2 aromatic rings. The molecule has 0 aliphatic carbocycles. The van der Waals surface area contributed by atoms with Crippen molar-refractivity contribution in [2.45, 2.75) is 38.4 Å². The number of hydrogen-bond acceptors (Lipinski definition) is 8. The Morgan fingerprint density at radius 2 is 1.91 bits per heavy atom. The van der Waals surface area contributed by atoms with Crippen molar-refractivity contribution in [1.29, 1.82) is 0 Å². The molecule has 32 heavy (non-hydrogen) atoms. The molecule has 4 rings (SSSR count). The second-order valence-corrected chi connectivity index (χ2v) is 9.15. The van der Waals surface area contributed by atoms with Crippen molar-refractivity contribution < 1.29 is 23.5 Å². The lowest BCUT2D eigenvalue weighted by Crippen LogP contribution is -2.67. The third-order valence-corrected chi connectivity index (χ3v) is 6.48. The molecule has 1 aromatic carbocycles. The Hall–Kier alpha value is -2.98. The molecule has 8 nitrogen and oxygen atoms in total. The predicted molar refractivity (Wildman–Crippen MR) is 115 cm³/mol. The first-order valence-corrected chi connectivity index (χ1v) is 11.1. The number of rotatable bonds is 6. The number of fused-ring (bicyclic) bond motifs is 1. The molecule has 0 N–H and O–H groups in total. The first kappa shape index (κ1) is 22.2. The largest absolute Gasteiger partial charge is 0.382 e. The number of aromatic nitrogens is 2. The van der Waals surface area contributed by atoms with E-state index in [2.05, 4.69) is 10.2 Å². The van der Waals surface area contributed by atoms with Crippen LogP contribution < -0.4 is 0 Å². The first-order valence-electron chi connectivity index (χ1n) is 10.2. The number of benzene rings is 1. The number of allylic oxidation sites excluding steroid dienone is 1. The maximum atomic E-state index is 13.1. The van der Waals surface area contributed by atoms with Crippen LogP contribution in [0.1, 0.15) is 29.4 Å². The highest BCUT2D eigenvalue weighted by Gasteiger charge is 2.49. The SMILES string of the molecule is COC[C@@H]1CN2C=C(c3nnc(Cc4ccc(F)cc4)s3)C(=O)C(=O)C2C(=O)N1C(C)C. The van der Waals surface area contributed by atoms with Gasteiger partial charge in [0.05, 0.1) is 18.2 Å². The van der Waals surface area contributed by atoms with Crippen LogP contribution in [0.15, 0.2) is 30.5 Å². The van der Waals surface area contributed by atoms with Crippen LogP contribution >= 0.6 is 11.3 Å². The predicted octanol–water partition coefficient (Wildman–Crippen LogP) is 1.70. The molecule has 1 fully saturated rings. The average molecular weight is 459 g/mol. The summed E-state index contributed by atoms with van der Waals surface area (Å²) in [6.07, 6.45) is 1.98. The zero-order valence-corrected chi connectivity index (χ0v) is 18.8.